The minimum Gasteiger partial charge on any atom is -0.306 e. The van der Waals surface area contributed by atoms with Gasteiger partial charge in [0.05, 0.1) is 0 Å². The minimum absolute atomic E-state index is 1.14. The molecule has 1 aromatic rings. The van der Waals surface area contributed by atoms with E-state index in [-0.39, 0.29) is 0 Å². The standard InChI is InChI=1S/C27H47N/c1-3-4-5-6-7-8-9-10-11-12-13-14-15-20-25-28(2)26-21-19-24-27-22-17-16-18-23-27/h16-19,22-24H,3-15,20-21,25-26H2,1-2H3. The first-order valence-corrected chi connectivity index (χ1v) is 12.2. The van der Waals surface area contributed by atoms with Gasteiger partial charge in [0.25, 0.3) is 0 Å². The van der Waals surface area contributed by atoms with E-state index < -0.39 is 0 Å². The van der Waals surface area contributed by atoms with Crippen LogP contribution >= 0.6 is 0 Å². The molecule has 0 saturated heterocycles. The summed E-state index contributed by atoms with van der Waals surface area (Å²) in [7, 11) is 2.26. The van der Waals surface area contributed by atoms with Crippen molar-refractivity contribution in [3.63, 3.8) is 0 Å². The second-order valence-corrected chi connectivity index (χ2v) is 8.50. The lowest BCUT2D eigenvalue weighted by Crippen LogP contribution is -2.20. The van der Waals surface area contributed by atoms with Gasteiger partial charge >= 0.3 is 0 Å². The maximum atomic E-state index is 2.48. The largest absolute Gasteiger partial charge is 0.306 e. The Hall–Kier alpha value is -1.08. The molecule has 1 nitrogen and oxygen atoms in total. The lowest BCUT2D eigenvalue weighted by atomic mass is 10.0. The van der Waals surface area contributed by atoms with Crippen molar-refractivity contribution >= 4 is 6.08 Å². The molecule has 0 atom stereocenters. The van der Waals surface area contributed by atoms with Crippen molar-refractivity contribution in [1.82, 2.24) is 4.90 Å². The third-order valence-electron chi connectivity index (χ3n) is 5.68. The molecule has 160 valence electrons. The van der Waals surface area contributed by atoms with Gasteiger partial charge in [-0.25, -0.2) is 0 Å². The summed E-state index contributed by atoms with van der Waals surface area (Å²) in [6.45, 7) is 4.71. The van der Waals surface area contributed by atoms with E-state index in [1.807, 2.05) is 0 Å². The number of hydrogen-bond acceptors (Lipinski definition) is 1. The predicted octanol–water partition coefficient (Wildman–Crippen LogP) is 8.50. The minimum atomic E-state index is 1.14. The Kier molecular flexibility index (Phi) is 17.2. The van der Waals surface area contributed by atoms with Crippen LogP contribution in [0, 0.1) is 0 Å². The molecule has 0 unspecified atom stereocenters. The van der Waals surface area contributed by atoms with E-state index >= 15 is 0 Å². The number of unbranched alkanes of at least 4 members (excludes halogenated alkanes) is 13. The van der Waals surface area contributed by atoms with Crippen molar-refractivity contribution in [2.45, 2.75) is 103 Å². The van der Waals surface area contributed by atoms with Gasteiger partial charge in [-0.05, 0) is 32.0 Å². The van der Waals surface area contributed by atoms with Crippen molar-refractivity contribution in [3.05, 3.63) is 42.0 Å². The summed E-state index contributed by atoms with van der Waals surface area (Å²) in [5.74, 6) is 0. The van der Waals surface area contributed by atoms with Gasteiger partial charge in [-0.3, -0.25) is 0 Å². The first-order valence-electron chi connectivity index (χ1n) is 12.2. The summed E-state index contributed by atoms with van der Waals surface area (Å²) in [5, 5.41) is 0. The zero-order valence-electron chi connectivity index (χ0n) is 19.0. The normalized spacial score (nSPS) is 11.7. The van der Waals surface area contributed by atoms with E-state index in [0.717, 1.165) is 6.42 Å². The van der Waals surface area contributed by atoms with Crippen molar-refractivity contribution in [1.29, 1.82) is 0 Å². The van der Waals surface area contributed by atoms with Crippen LogP contribution in [0.25, 0.3) is 6.08 Å². The molecule has 1 rings (SSSR count). The Morgan fingerprint density at radius 2 is 1.14 bits per heavy atom. The highest BCUT2D eigenvalue weighted by atomic mass is 15.1. The molecule has 28 heavy (non-hydrogen) atoms. The van der Waals surface area contributed by atoms with Crippen LogP contribution in [-0.2, 0) is 0 Å². The van der Waals surface area contributed by atoms with Crippen molar-refractivity contribution in [2.24, 2.45) is 0 Å². The third kappa shape index (κ3) is 15.9. The highest BCUT2D eigenvalue weighted by Crippen LogP contribution is 2.13. The molecule has 0 amide bonds. The number of rotatable bonds is 19. The van der Waals surface area contributed by atoms with Crippen LogP contribution in [0.2, 0.25) is 0 Å². The monoisotopic (exact) mass is 385 g/mol. The van der Waals surface area contributed by atoms with Crippen LogP contribution in [0.3, 0.4) is 0 Å². The van der Waals surface area contributed by atoms with Crippen LogP contribution in [0.5, 0.6) is 0 Å². The molecule has 1 heteroatoms. The van der Waals surface area contributed by atoms with Gasteiger partial charge in [-0.1, -0.05) is 133 Å². The second-order valence-electron chi connectivity index (χ2n) is 8.50. The van der Waals surface area contributed by atoms with E-state index in [9.17, 15) is 0 Å². The molecular formula is C27H47N. The van der Waals surface area contributed by atoms with Gasteiger partial charge in [0.1, 0.15) is 0 Å². The van der Waals surface area contributed by atoms with Gasteiger partial charge in [0.15, 0.2) is 0 Å². The molecule has 1 aromatic carbocycles. The fourth-order valence-corrected chi connectivity index (χ4v) is 3.77. The Morgan fingerprint density at radius 3 is 1.68 bits per heavy atom. The van der Waals surface area contributed by atoms with Crippen molar-refractivity contribution < 1.29 is 0 Å². The summed E-state index contributed by atoms with van der Waals surface area (Å²) < 4.78 is 0. The maximum absolute atomic E-state index is 2.48. The van der Waals surface area contributed by atoms with Gasteiger partial charge in [0, 0.05) is 6.54 Å². The van der Waals surface area contributed by atoms with Gasteiger partial charge in [0.2, 0.25) is 0 Å². The third-order valence-corrected chi connectivity index (χ3v) is 5.68. The fraction of sp³-hybridized carbons (Fsp3) is 0.704. The Balaban J connectivity index is 1.80. The van der Waals surface area contributed by atoms with Gasteiger partial charge in [-0.15, -0.1) is 0 Å². The zero-order chi connectivity index (χ0) is 20.1. The van der Waals surface area contributed by atoms with E-state index in [0.29, 0.717) is 0 Å². The number of hydrogen-bond donors (Lipinski definition) is 0. The first-order chi connectivity index (χ1) is 13.8. The lowest BCUT2D eigenvalue weighted by molar-refractivity contribution is 0.329. The van der Waals surface area contributed by atoms with Crippen molar-refractivity contribution in [2.75, 3.05) is 20.1 Å². The van der Waals surface area contributed by atoms with E-state index in [4.69, 9.17) is 0 Å². The molecule has 0 heterocycles. The summed E-state index contributed by atoms with van der Waals surface area (Å²) in [4.78, 5) is 2.48. The summed E-state index contributed by atoms with van der Waals surface area (Å²) in [6.07, 6.45) is 25.8. The molecule has 0 aliphatic rings. The Morgan fingerprint density at radius 1 is 0.643 bits per heavy atom. The molecular weight excluding hydrogens is 338 g/mol. The fourth-order valence-electron chi connectivity index (χ4n) is 3.77. The van der Waals surface area contributed by atoms with Crippen LogP contribution in [-0.4, -0.2) is 25.0 Å². The number of nitrogens with zero attached hydrogens (tertiary/aromatic N) is 1. The zero-order valence-corrected chi connectivity index (χ0v) is 19.0. The van der Waals surface area contributed by atoms with Gasteiger partial charge < -0.3 is 4.90 Å². The quantitative estimate of drug-likeness (QED) is 0.216. The maximum Gasteiger partial charge on any atom is 0.00130 e. The first kappa shape index (κ1) is 25.0. The van der Waals surface area contributed by atoms with E-state index in [2.05, 4.69) is 61.4 Å². The highest BCUT2D eigenvalue weighted by molar-refractivity contribution is 5.48. The van der Waals surface area contributed by atoms with Crippen molar-refractivity contribution in [3.8, 4) is 0 Å². The molecule has 0 bridgehead atoms. The predicted molar refractivity (Wildman–Crippen MR) is 128 cm³/mol. The smallest absolute Gasteiger partial charge is 0.00130 e. The molecule has 0 aliphatic heterocycles. The SMILES string of the molecule is CCCCCCCCCCCCCCCCN(C)CCC=Cc1ccccc1. The molecule has 0 aliphatic carbocycles. The summed E-state index contributed by atoms with van der Waals surface area (Å²) >= 11 is 0. The highest BCUT2D eigenvalue weighted by Gasteiger charge is 1.98. The van der Waals surface area contributed by atoms with Crippen LogP contribution < -0.4 is 0 Å². The summed E-state index contributed by atoms with van der Waals surface area (Å²) in [6, 6.07) is 10.6. The Bertz CT molecular complexity index is 451. The Labute approximate surface area is 176 Å². The van der Waals surface area contributed by atoms with Crippen LogP contribution in [0.15, 0.2) is 36.4 Å². The summed E-state index contributed by atoms with van der Waals surface area (Å²) in [5.41, 5.74) is 1.30. The van der Waals surface area contributed by atoms with Gasteiger partial charge in [-0.2, -0.15) is 0 Å². The number of benzene rings is 1. The molecule has 0 radical (unpaired) electrons. The van der Waals surface area contributed by atoms with E-state index in [1.54, 1.807) is 0 Å². The van der Waals surface area contributed by atoms with E-state index in [1.165, 1.54) is 109 Å². The molecule has 0 fully saturated rings. The molecule has 0 spiro atoms. The molecule has 0 N–H and O–H groups in total. The average molecular weight is 386 g/mol. The molecule has 0 aromatic heterocycles. The average Bonchev–Trinajstić information content (AvgIpc) is 2.72. The van der Waals surface area contributed by atoms with Crippen LogP contribution in [0.1, 0.15) is 109 Å². The lowest BCUT2D eigenvalue weighted by Gasteiger charge is -2.15. The van der Waals surface area contributed by atoms with Crippen LogP contribution in [0.4, 0.5) is 0 Å². The second kappa shape index (κ2) is 19.2. The topological polar surface area (TPSA) is 3.24 Å². The molecule has 0 saturated carbocycles.